The van der Waals surface area contributed by atoms with Crippen molar-refractivity contribution in [3.8, 4) is 5.75 Å². The van der Waals surface area contributed by atoms with Crippen molar-refractivity contribution in [3.63, 3.8) is 0 Å². The zero-order chi connectivity index (χ0) is 16.1. The van der Waals surface area contributed by atoms with Gasteiger partial charge in [-0.05, 0) is 38.2 Å². The van der Waals surface area contributed by atoms with Crippen molar-refractivity contribution < 1.29 is 14.2 Å². The molecule has 1 unspecified atom stereocenters. The predicted molar refractivity (Wildman–Crippen MR) is 89.8 cm³/mol. The van der Waals surface area contributed by atoms with Crippen LogP contribution in [0.15, 0.2) is 30.3 Å². The lowest BCUT2D eigenvalue weighted by molar-refractivity contribution is -0.0963. The minimum absolute atomic E-state index is 0.156. The molecule has 1 aromatic carbocycles. The number of likely N-dealkylation sites (N-methyl/N-ethyl adjacent to an activating group) is 1. The minimum atomic E-state index is 0.156. The van der Waals surface area contributed by atoms with Gasteiger partial charge in [-0.2, -0.15) is 0 Å². The van der Waals surface area contributed by atoms with Gasteiger partial charge in [0.25, 0.3) is 0 Å². The summed E-state index contributed by atoms with van der Waals surface area (Å²) in [6.07, 6.45) is 0.156. The van der Waals surface area contributed by atoms with Crippen molar-refractivity contribution in [2.45, 2.75) is 19.6 Å². The van der Waals surface area contributed by atoms with E-state index in [1.54, 1.807) is 0 Å². The van der Waals surface area contributed by atoms with Crippen LogP contribution in [0.3, 0.4) is 0 Å². The summed E-state index contributed by atoms with van der Waals surface area (Å²) in [6.45, 7) is 6.38. The summed E-state index contributed by atoms with van der Waals surface area (Å²) in [5, 5.41) is 1.10. The number of hydrogen-bond acceptors (Lipinski definition) is 5. The van der Waals surface area contributed by atoms with E-state index in [9.17, 15) is 0 Å². The Balaban J connectivity index is 1.64. The SMILES string of the molecule is CCOc1ccc2nc(CN(C)CC3COCCO3)ccc2c1. The standard InChI is InChI=1S/C18H24N2O3/c1-3-22-16-6-7-18-14(10-16)4-5-15(19-18)11-20(2)12-17-13-21-8-9-23-17/h4-7,10,17H,3,8-9,11-13H2,1-2H3. The quantitative estimate of drug-likeness (QED) is 0.819. The average molecular weight is 316 g/mol. The molecule has 0 aliphatic carbocycles. The van der Waals surface area contributed by atoms with E-state index in [-0.39, 0.29) is 6.10 Å². The number of pyridine rings is 1. The van der Waals surface area contributed by atoms with Crippen LogP contribution in [0, 0.1) is 0 Å². The normalized spacial score (nSPS) is 18.5. The molecule has 23 heavy (non-hydrogen) atoms. The Morgan fingerprint density at radius 1 is 1.26 bits per heavy atom. The van der Waals surface area contributed by atoms with Crippen molar-refractivity contribution in [2.75, 3.05) is 40.0 Å². The van der Waals surface area contributed by atoms with E-state index in [2.05, 4.69) is 24.1 Å². The maximum atomic E-state index is 5.69. The summed E-state index contributed by atoms with van der Waals surface area (Å²) < 4.78 is 16.7. The second-order valence-electron chi connectivity index (χ2n) is 5.85. The van der Waals surface area contributed by atoms with E-state index in [1.807, 2.05) is 25.1 Å². The number of rotatable bonds is 6. The summed E-state index contributed by atoms with van der Waals surface area (Å²) in [5.74, 6) is 0.890. The summed E-state index contributed by atoms with van der Waals surface area (Å²) in [7, 11) is 2.09. The van der Waals surface area contributed by atoms with E-state index in [0.717, 1.165) is 35.4 Å². The molecule has 0 spiro atoms. The Bertz CT molecular complexity index is 641. The molecule has 2 aromatic rings. The van der Waals surface area contributed by atoms with Crippen LogP contribution in [-0.4, -0.2) is 56.0 Å². The van der Waals surface area contributed by atoms with Gasteiger partial charge in [0, 0.05) is 18.5 Å². The molecule has 0 saturated carbocycles. The number of nitrogens with zero attached hydrogens (tertiary/aromatic N) is 2. The van der Waals surface area contributed by atoms with Gasteiger partial charge < -0.3 is 14.2 Å². The lowest BCUT2D eigenvalue weighted by Gasteiger charge is -2.27. The van der Waals surface area contributed by atoms with Crippen LogP contribution in [0.4, 0.5) is 0 Å². The summed E-state index contributed by atoms with van der Waals surface area (Å²) in [6, 6.07) is 10.2. The molecule has 0 radical (unpaired) electrons. The minimum Gasteiger partial charge on any atom is -0.494 e. The molecule has 0 N–H and O–H groups in total. The average Bonchev–Trinajstić information content (AvgIpc) is 2.56. The molecule has 1 saturated heterocycles. The van der Waals surface area contributed by atoms with E-state index in [4.69, 9.17) is 19.2 Å². The second kappa shape index (κ2) is 7.73. The Kier molecular flexibility index (Phi) is 5.43. The van der Waals surface area contributed by atoms with Crippen LogP contribution >= 0.6 is 0 Å². The molecule has 124 valence electrons. The molecule has 1 atom stereocenters. The third-order valence-corrected chi connectivity index (χ3v) is 3.86. The van der Waals surface area contributed by atoms with Crippen molar-refractivity contribution in [1.29, 1.82) is 0 Å². The van der Waals surface area contributed by atoms with Gasteiger partial charge in [-0.3, -0.25) is 9.88 Å². The fourth-order valence-electron chi connectivity index (χ4n) is 2.82. The first kappa shape index (κ1) is 16.2. The fourth-order valence-corrected chi connectivity index (χ4v) is 2.82. The van der Waals surface area contributed by atoms with Crippen LogP contribution < -0.4 is 4.74 Å². The second-order valence-corrected chi connectivity index (χ2v) is 5.85. The van der Waals surface area contributed by atoms with Crippen LogP contribution in [0.5, 0.6) is 5.75 Å². The van der Waals surface area contributed by atoms with Gasteiger partial charge in [-0.1, -0.05) is 6.07 Å². The Hall–Kier alpha value is -1.69. The molecule has 5 nitrogen and oxygen atoms in total. The van der Waals surface area contributed by atoms with Crippen LogP contribution in [0.25, 0.3) is 10.9 Å². The number of ether oxygens (including phenoxy) is 3. The Morgan fingerprint density at radius 3 is 2.96 bits per heavy atom. The molecule has 2 heterocycles. The first-order valence-electron chi connectivity index (χ1n) is 8.15. The molecular formula is C18H24N2O3. The molecule has 0 bridgehead atoms. The van der Waals surface area contributed by atoms with E-state index < -0.39 is 0 Å². The van der Waals surface area contributed by atoms with E-state index >= 15 is 0 Å². The molecule has 1 fully saturated rings. The van der Waals surface area contributed by atoms with Crippen molar-refractivity contribution in [3.05, 3.63) is 36.0 Å². The molecule has 1 aromatic heterocycles. The van der Waals surface area contributed by atoms with Crippen LogP contribution in [0.2, 0.25) is 0 Å². The monoisotopic (exact) mass is 316 g/mol. The van der Waals surface area contributed by atoms with Crippen molar-refractivity contribution in [1.82, 2.24) is 9.88 Å². The Labute approximate surface area is 137 Å². The predicted octanol–water partition coefficient (Wildman–Crippen LogP) is 2.48. The van der Waals surface area contributed by atoms with E-state index in [1.165, 1.54) is 0 Å². The van der Waals surface area contributed by atoms with Crippen molar-refractivity contribution >= 4 is 10.9 Å². The molecular weight excluding hydrogens is 292 g/mol. The van der Waals surface area contributed by atoms with Crippen LogP contribution in [0.1, 0.15) is 12.6 Å². The third-order valence-electron chi connectivity index (χ3n) is 3.86. The van der Waals surface area contributed by atoms with E-state index in [0.29, 0.717) is 26.4 Å². The highest BCUT2D eigenvalue weighted by molar-refractivity contribution is 5.80. The van der Waals surface area contributed by atoms with Gasteiger partial charge in [-0.15, -0.1) is 0 Å². The first-order chi connectivity index (χ1) is 11.2. The highest BCUT2D eigenvalue weighted by atomic mass is 16.6. The maximum absolute atomic E-state index is 5.69. The zero-order valence-electron chi connectivity index (χ0n) is 13.8. The van der Waals surface area contributed by atoms with Gasteiger partial charge in [0.15, 0.2) is 0 Å². The highest BCUT2D eigenvalue weighted by Gasteiger charge is 2.16. The first-order valence-corrected chi connectivity index (χ1v) is 8.15. The topological polar surface area (TPSA) is 43.8 Å². The number of benzene rings is 1. The summed E-state index contributed by atoms with van der Waals surface area (Å²) in [4.78, 5) is 6.96. The summed E-state index contributed by atoms with van der Waals surface area (Å²) in [5.41, 5.74) is 2.05. The fraction of sp³-hybridized carbons (Fsp3) is 0.500. The van der Waals surface area contributed by atoms with Gasteiger partial charge in [0.2, 0.25) is 0 Å². The smallest absolute Gasteiger partial charge is 0.120 e. The van der Waals surface area contributed by atoms with Crippen LogP contribution in [-0.2, 0) is 16.0 Å². The third kappa shape index (κ3) is 4.41. The molecule has 1 aliphatic heterocycles. The number of aromatic nitrogens is 1. The number of fused-ring (bicyclic) bond motifs is 1. The lowest BCUT2D eigenvalue weighted by Crippen LogP contribution is -2.38. The van der Waals surface area contributed by atoms with Gasteiger partial charge in [0.05, 0.1) is 43.7 Å². The highest BCUT2D eigenvalue weighted by Crippen LogP contribution is 2.20. The molecule has 1 aliphatic rings. The van der Waals surface area contributed by atoms with Gasteiger partial charge in [-0.25, -0.2) is 0 Å². The maximum Gasteiger partial charge on any atom is 0.120 e. The summed E-state index contributed by atoms with van der Waals surface area (Å²) >= 11 is 0. The lowest BCUT2D eigenvalue weighted by atomic mass is 10.2. The molecule has 5 heteroatoms. The number of hydrogen-bond donors (Lipinski definition) is 0. The van der Waals surface area contributed by atoms with Gasteiger partial charge >= 0.3 is 0 Å². The van der Waals surface area contributed by atoms with Crippen molar-refractivity contribution in [2.24, 2.45) is 0 Å². The van der Waals surface area contributed by atoms with Gasteiger partial charge in [0.1, 0.15) is 5.75 Å². The largest absolute Gasteiger partial charge is 0.494 e. The Morgan fingerprint density at radius 2 is 2.17 bits per heavy atom. The molecule has 0 amide bonds. The molecule has 3 rings (SSSR count). The zero-order valence-corrected chi connectivity index (χ0v) is 13.8.